The molecule has 2 aliphatic rings. The third-order valence-electron chi connectivity index (χ3n) is 6.34. The second-order valence-corrected chi connectivity index (χ2v) is 10.1. The Morgan fingerprint density at radius 3 is 2.53 bits per heavy atom. The molecule has 0 aromatic heterocycles. The average molecular weight is 535 g/mol. The minimum Gasteiger partial charge on any atom is -0.497 e. The van der Waals surface area contributed by atoms with Crippen LogP contribution in [0.3, 0.4) is 0 Å². The number of anilines is 1. The van der Waals surface area contributed by atoms with Crippen molar-refractivity contribution >= 4 is 40.1 Å². The van der Waals surface area contributed by atoms with Crippen LogP contribution in [0.2, 0.25) is 0 Å². The maximum Gasteiger partial charge on any atom is 0.262 e. The van der Waals surface area contributed by atoms with E-state index >= 15 is 0 Å². The Kier molecular flexibility index (Phi) is 7.24. The molecule has 0 aliphatic carbocycles. The molecule has 0 spiro atoms. The smallest absolute Gasteiger partial charge is 0.262 e. The highest BCUT2D eigenvalue weighted by molar-refractivity contribution is 8.15. The summed E-state index contributed by atoms with van der Waals surface area (Å²) in [4.78, 5) is 29.6. The third kappa shape index (κ3) is 5.45. The third-order valence-corrected chi connectivity index (χ3v) is 7.48. The molecule has 5 rings (SSSR count). The monoisotopic (exact) mass is 534 g/mol. The van der Waals surface area contributed by atoms with Crippen molar-refractivity contribution in [2.24, 2.45) is 10.1 Å². The van der Waals surface area contributed by atoms with Crippen LogP contribution in [0.25, 0.3) is 0 Å². The predicted molar refractivity (Wildman–Crippen MR) is 143 cm³/mol. The molecule has 0 bridgehead atoms. The molecule has 7 nitrogen and oxygen atoms in total. The van der Waals surface area contributed by atoms with E-state index in [1.54, 1.807) is 43.3 Å². The number of methoxy groups -OCH3 is 1. The minimum absolute atomic E-state index is 0.129. The van der Waals surface area contributed by atoms with Gasteiger partial charge in [-0.25, -0.2) is 13.8 Å². The number of rotatable bonds is 6. The molecule has 2 aliphatic heterocycles. The summed E-state index contributed by atoms with van der Waals surface area (Å²) >= 11 is 1.16. The molecule has 2 unspecified atom stereocenters. The summed E-state index contributed by atoms with van der Waals surface area (Å²) in [6.07, 6.45) is 0.381. The van der Waals surface area contributed by atoms with Crippen LogP contribution in [0.15, 0.2) is 76.8 Å². The molecule has 3 aromatic rings. The number of aryl methyl sites for hydroxylation is 1. The lowest BCUT2D eigenvalue weighted by Gasteiger charge is -2.23. The number of thioether (sulfide) groups is 1. The van der Waals surface area contributed by atoms with E-state index in [-0.39, 0.29) is 18.3 Å². The van der Waals surface area contributed by atoms with Gasteiger partial charge in [0.1, 0.15) is 22.6 Å². The number of amides is 2. The van der Waals surface area contributed by atoms with Crippen LogP contribution in [0, 0.1) is 18.6 Å². The molecule has 2 heterocycles. The van der Waals surface area contributed by atoms with E-state index in [0.29, 0.717) is 22.8 Å². The summed E-state index contributed by atoms with van der Waals surface area (Å²) in [5, 5.41) is 8.71. The van der Waals surface area contributed by atoms with E-state index < -0.39 is 22.9 Å². The maximum atomic E-state index is 13.8. The van der Waals surface area contributed by atoms with Gasteiger partial charge in [0.15, 0.2) is 5.17 Å². The molecular formula is C28H24F2N4O3S. The van der Waals surface area contributed by atoms with Gasteiger partial charge in [-0.1, -0.05) is 30.0 Å². The molecule has 1 N–H and O–H groups in total. The fraction of sp³-hybridized carbons (Fsp3) is 0.214. The van der Waals surface area contributed by atoms with Crippen molar-refractivity contribution in [2.75, 3.05) is 12.4 Å². The summed E-state index contributed by atoms with van der Waals surface area (Å²) in [7, 11) is 1.59. The van der Waals surface area contributed by atoms with Gasteiger partial charge >= 0.3 is 0 Å². The van der Waals surface area contributed by atoms with Crippen molar-refractivity contribution in [3.8, 4) is 5.75 Å². The minimum atomic E-state index is -0.741. The lowest BCUT2D eigenvalue weighted by molar-refractivity contribution is -0.121. The number of hydrazone groups is 1. The standard InChI is InChI=1S/C28H24F2N4O3S/c1-16-3-10-20(13-22(16)30)31-26(35)15-25-27(36)32-28(38-25)34-24(18-4-8-19(29)9-5-18)14-23(33-34)17-6-11-21(37-2)12-7-17/h3-13,24-25H,14-15H2,1-2H3,(H,31,35). The molecule has 0 radical (unpaired) electrons. The van der Waals surface area contributed by atoms with Crippen molar-refractivity contribution in [2.45, 2.75) is 31.1 Å². The molecular weight excluding hydrogens is 510 g/mol. The van der Waals surface area contributed by atoms with E-state index in [2.05, 4.69) is 10.3 Å². The quantitative estimate of drug-likeness (QED) is 0.454. The number of carbonyl (C=O) groups is 2. The summed E-state index contributed by atoms with van der Waals surface area (Å²) in [6, 6.07) is 17.7. The van der Waals surface area contributed by atoms with E-state index in [9.17, 15) is 18.4 Å². The van der Waals surface area contributed by atoms with Crippen molar-refractivity contribution < 1.29 is 23.1 Å². The van der Waals surface area contributed by atoms with Crippen LogP contribution >= 0.6 is 11.8 Å². The zero-order chi connectivity index (χ0) is 26.8. The number of benzene rings is 3. The second kappa shape index (κ2) is 10.7. The van der Waals surface area contributed by atoms with E-state index in [4.69, 9.17) is 9.84 Å². The first kappa shape index (κ1) is 25.6. The first-order valence-electron chi connectivity index (χ1n) is 11.9. The van der Waals surface area contributed by atoms with Crippen molar-refractivity contribution in [3.63, 3.8) is 0 Å². The Hall–Kier alpha value is -4.05. The summed E-state index contributed by atoms with van der Waals surface area (Å²) < 4.78 is 32.7. The number of carbonyl (C=O) groups excluding carboxylic acids is 2. The molecule has 2 atom stereocenters. The van der Waals surface area contributed by atoms with Gasteiger partial charge in [-0.3, -0.25) is 9.59 Å². The normalized spacial score (nSPS) is 18.8. The van der Waals surface area contributed by atoms with Crippen LogP contribution in [0.1, 0.15) is 35.6 Å². The number of ether oxygens (including phenoxy) is 1. The number of hydrogen-bond acceptors (Lipinski definition) is 6. The zero-order valence-electron chi connectivity index (χ0n) is 20.7. The van der Waals surface area contributed by atoms with Crippen LogP contribution in [-0.4, -0.2) is 40.1 Å². The molecule has 2 amide bonds. The Labute approximate surface area is 222 Å². The van der Waals surface area contributed by atoms with E-state index in [0.717, 1.165) is 34.3 Å². The van der Waals surface area contributed by atoms with Gasteiger partial charge in [-0.05, 0) is 72.1 Å². The number of nitrogens with one attached hydrogen (secondary N) is 1. The first-order chi connectivity index (χ1) is 18.3. The van der Waals surface area contributed by atoms with E-state index in [1.807, 2.05) is 24.3 Å². The highest BCUT2D eigenvalue weighted by Gasteiger charge is 2.39. The van der Waals surface area contributed by atoms with Crippen LogP contribution < -0.4 is 10.1 Å². The highest BCUT2D eigenvalue weighted by Crippen LogP contribution is 2.38. The molecule has 0 saturated carbocycles. The Morgan fingerprint density at radius 1 is 1.11 bits per heavy atom. The highest BCUT2D eigenvalue weighted by atomic mass is 32.2. The number of amidine groups is 1. The average Bonchev–Trinajstić information content (AvgIpc) is 3.51. The van der Waals surface area contributed by atoms with Gasteiger partial charge in [-0.2, -0.15) is 10.1 Å². The molecule has 3 aromatic carbocycles. The van der Waals surface area contributed by atoms with E-state index in [1.165, 1.54) is 18.2 Å². The fourth-order valence-electron chi connectivity index (χ4n) is 4.24. The second-order valence-electron chi connectivity index (χ2n) is 8.95. The van der Waals surface area contributed by atoms with Gasteiger partial charge in [-0.15, -0.1) is 0 Å². The summed E-state index contributed by atoms with van der Waals surface area (Å²) in [6.45, 7) is 1.63. The van der Waals surface area contributed by atoms with Crippen LogP contribution in [0.4, 0.5) is 14.5 Å². The van der Waals surface area contributed by atoms with Gasteiger partial charge in [0, 0.05) is 18.5 Å². The zero-order valence-corrected chi connectivity index (χ0v) is 21.5. The molecule has 0 fully saturated rings. The molecule has 38 heavy (non-hydrogen) atoms. The molecule has 194 valence electrons. The lowest BCUT2D eigenvalue weighted by atomic mass is 9.98. The summed E-state index contributed by atoms with van der Waals surface area (Å²) in [5.41, 5.74) is 3.27. The predicted octanol–water partition coefficient (Wildman–Crippen LogP) is 5.46. The lowest BCUT2D eigenvalue weighted by Crippen LogP contribution is -2.25. The van der Waals surface area contributed by atoms with Gasteiger partial charge < -0.3 is 10.1 Å². The number of aliphatic imine (C=N–C) groups is 1. The Balaban J connectivity index is 1.34. The van der Waals surface area contributed by atoms with Crippen molar-refractivity contribution in [1.29, 1.82) is 0 Å². The Bertz CT molecular complexity index is 1440. The largest absolute Gasteiger partial charge is 0.497 e. The number of halogens is 2. The van der Waals surface area contributed by atoms with Crippen LogP contribution in [0.5, 0.6) is 5.75 Å². The fourth-order valence-corrected chi connectivity index (χ4v) is 5.31. The van der Waals surface area contributed by atoms with Gasteiger partial charge in [0.2, 0.25) is 5.91 Å². The first-order valence-corrected chi connectivity index (χ1v) is 12.8. The maximum absolute atomic E-state index is 13.8. The van der Waals surface area contributed by atoms with Crippen LogP contribution in [-0.2, 0) is 9.59 Å². The van der Waals surface area contributed by atoms with Crippen molar-refractivity contribution in [3.05, 3.63) is 95.1 Å². The topological polar surface area (TPSA) is 83.4 Å². The number of nitrogens with zero attached hydrogens (tertiary/aromatic N) is 3. The molecule has 0 saturated heterocycles. The van der Waals surface area contributed by atoms with Crippen molar-refractivity contribution in [1.82, 2.24) is 5.01 Å². The molecule has 10 heteroatoms. The van der Waals surface area contributed by atoms with Gasteiger partial charge in [0.05, 0.1) is 18.9 Å². The summed E-state index contributed by atoms with van der Waals surface area (Å²) in [5.74, 6) is -0.922. The Morgan fingerprint density at radius 2 is 1.84 bits per heavy atom. The van der Waals surface area contributed by atoms with Gasteiger partial charge in [0.25, 0.3) is 5.91 Å². The SMILES string of the molecule is COc1ccc(C2=NN(C3=NC(=O)C(CC(=O)Nc4ccc(C)c(F)c4)S3)C(c3ccc(F)cc3)C2)cc1. The number of hydrogen-bond donors (Lipinski definition) is 1.